The van der Waals surface area contributed by atoms with Crippen molar-refractivity contribution in [3.8, 4) is 6.07 Å². The molecule has 6 nitrogen and oxygen atoms in total. The second-order valence-corrected chi connectivity index (χ2v) is 7.61. The fourth-order valence-electron chi connectivity index (χ4n) is 3.80. The van der Waals surface area contributed by atoms with Gasteiger partial charge in [-0.3, -0.25) is 9.59 Å². The predicted octanol–water partition coefficient (Wildman–Crippen LogP) is 3.46. The Morgan fingerprint density at radius 2 is 2.00 bits per heavy atom. The van der Waals surface area contributed by atoms with E-state index in [4.69, 9.17) is 16.3 Å². The molecule has 7 heteroatoms. The maximum atomic E-state index is 13.3. The number of ether oxygens (including phenoxy) is 1. The summed E-state index contributed by atoms with van der Waals surface area (Å²) in [6.45, 7) is 1.24. The summed E-state index contributed by atoms with van der Waals surface area (Å²) >= 11 is 6.28. The third kappa shape index (κ3) is 3.82. The minimum absolute atomic E-state index is 0.0535. The molecule has 0 spiro atoms. The van der Waals surface area contributed by atoms with Crippen LogP contribution in [0.5, 0.6) is 0 Å². The van der Waals surface area contributed by atoms with Gasteiger partial charge in [0, 0.05) is 23.7 Å². The van der Waals surface area contributed by atoms with Gasteiger partial charge in [0.15, 0.2) is 0 Å². The summed E-state index contributed by atoms with van der Waals surface area (Å²) in [6.07, 6.45) is 1.77. The van der Waals surface area contributed by atoms with Crippen LogP contribution in [0.2, 0.25) is 5.02 Å². The minimum Gasteiger partial charge on any atom is -0.376 e. The van der Waals surface area contributed by atoms with Gasteiger partial charge in [-0.15, -0.1) is 0 Å². The van der Waals surface area contributed by atoms with Crippen molar-refractivity contribution in [3.63, 3.8) is 0 Å². The lowest BCUT2D eigenvalue weighted by Crippen LogP contribution is -2.33. The number of para-hydroxylation sites is 1. The Hall–Kier alpha value is -3.14. The van der Waals surface area contributed by atoms with Crippen LogP contribution >= 0.6 is 11.6 Å². The molecule has 2 aromatic carbocycles. The summed E-state index contributed by atoms with van der Waals surface area (Å²) in [7, 11) is 0. The lowest BCUT2D eigenvalue weighted by molar-refractivity contribution is -0.118. The van der Waals surface area contributed by atoms with Gasteiger partial charge in [0.05, 0.1) is 23.9 Å². The zero-order chi connectivity index (χ0) is 21.1. The van der Waals surface area contributed by atoms with Crippen LogP contribution in [0.4, 0.5) is 5.69 Å². The van der Waals surface area contributed by atoms with Gasteiger partial charge in [0.1, 0.15) is 11.6 Å². The van der Waals surface area contributed by atoms with E-state index in [1.54, 1.807) is 29.2 Å². The van der Waals surface area contributed by atoms with Crippen molar-refractivity contribution >= 4 is 34.7 Å². The van der Waals surface area contributed by atoms with E-state index in [2.05, 4.69) is 5.32 Å². The summed E-state index contributed by atoms with van der Waals surface area (Å²) in [5.74, 6) is -0.953. The number of halogens is 1. The first-order chi connectivity index (χ1) is 14.6. The van der Waals surface area contributed by atoms with E-state index >= 15 is 0 Å². The Labute approximate surface area is 179 Å². The molecule has 0 unspecified atom stereocenters. The maximum absolute atomic E-state index is 13.3. The number of anilines is 1. The summed E-state index contributed by atoms with van der Waals surface area (Å²) in [5.41, 5.74) is 1.93. The Morgan fingerprint density at radius 1 is 1.23 bits per heavy atom. The smallest absolute Gasteiger partial charge is 0.262 e. The second-order valence-electron chi connectivity index (χ2n) is 7.21. The van der Waals surface area contributed by atoms with E-state index in [1.807, 2.05) is 30.3 Å². The second kappa shape index (κ2) is 8.70. The van der Waals surface area contributed by atoms with E-state index in [9.17, 15) is 14.9 Å². The van der Waals surface area contributed by atoms with Crippen LogP contribution < -0.4 is 10.2 Å². The molecule has 0 radical (unpaired) electrons. The van der Waals surface area contributed by atoms with Crippen molar-refractivity contribution in [3.05, 3.63) is 70.3 Å². The molecule has 0 saturated carbocycles. The fourth-order valence-corrected chi connectivity index (χ4v) is 3.99. The highest BCUT2D eigenvalue weighted by Gasteiger charge is 2.36. The van der Waals surface area contributed by atoms with Gasteiger partial charge in [-0.05, 0) is 30.5 Å². The van der Waals surface area contributed by atoms with Crippen molar-refractivity contribution < 1.29 is 14.3 Å². The molecule has 1 N–H and O–H groups in total. The molecule has 0 bridgehead atoms. The first-order valence-corrected chi connectivity index (χ1v) is 10.2. The lowest BCUT2D eigenvalue weighted by Gasteiger charge is -2.18. The molecule has 2 aliphatic rings. The molecule has 30 heavy (non-hydrogen) atoms. The largest absolute Gasteiger partial charge is 0.376 e. The van der Waals surface area contributed by atoms with E-state index < -0.39 is 5.91 Å². The number of nitrogens with zero attached hydrogens (tertiary/aromatic N) is 2. The van der Waals surface area contributed by atoms with Gasteiger partial charge >= 0.3 is 0 Å². The summed E-state index contributed by atoms with van der Waals surface area (Å²) in [6, 6.07) is 16.4. The number of rotatable bonds is 5. The highest BCUT2D eigenvalue weighted by Crippen LogP contribution is 2.39. The molecule has 1 atom stereocenters. The van der Waals surface area contributed by atoms with Gasteiger partial charge in [-0.2, -0.15) is 5.26 Å². The summed E-state index contributed by atoms with van der Waals surface area (Å²) < 4.78 is 5.51. The minimum atomic E-state index is -0.564. The molecule has 2 amide bonds. The molecule has 4 rings (SSSR count). The molecule has 2 aromatic rings. The Bertz CT molecular complexity index is 1070. The molecule has 1 saturated heterocycles. The Kier molecular flexibility index (Phi) is 5.84. The fraction of sp³-hybridized carbons (Fsp3) is 0.261. The summed E-state index contributed by atoms with van der Waals surface area (Å²) in [5, 5.41) is 13.0. The van der Waals surface area contributed by atoms with Crippen LogP contribution in [0.1, 0.15) is 24.0 Å². The van der Waals surface area contributed by atoms with Crippen LogP contribution in [0.3, 0.4) is 0 Å². The molecule has 0 aliphatic carbocycles. The molecule has 1 fully saturated rings. The van der Waals surface area contributed by atoms with Crippen molar-refractivity contribution in [2.75, 3.05) is 18.1 Å². The standard InChI is InChI=1S/C23H20ClN3O3/c24-19-9-3-1-6-15(19)14-27-20-10-4-2-8-17(20)21(23(27)29)18(12-25)22(28)26-13-16-7-5-11-30-16/h1-4,6,8-10,16H,5,7,11,13-14H2,(H,26,28)/b21-18-/t16-/m0/s1. The van der Waals surface area contributed by atoms with Crippen LogP contribution in [-0.4, -0.2) is 31.1 Å². The first kappa shape index (κ1) is 20.1. The first-order valence-electron chi connectivity index (χ1n) is 9.79. The number of hydrogen-bond donors (Lipinski definition) is 1. The van der Waals surface area contributed by atoms with Crippen LogP contribution in [0.15, 0.2) is 54.1 Å². The number of amides is 2. The average molecular weight is 422 g/mol. The highest BCUT2D eigenvalue weighted by atomic mass is 35.5. The zero-order valence-corrected chi connectivity index (χ0v) is 17.0. The highest BCUT2D eigenvalue weighted by molar-refractivity contribution is 6.37. The third-order valence-corrected chi connectivity index (χ3v) is 5.68. The number of carbonyl (C=O) groups is 2. The lowest BCUT2D eigenvalue weighted by atomic mass is 10.0. The van der Waals surface area contributed by atoms with E-state index in [0.29, 0.717) is 29.4 Å². The van der Waals surface area contributed by atoms with Crippen molar-refractivity contribution in [2.45, 2.75) is 25.5 Å². The quantitative estimate of drug-likeness (QED) is 0.592. The molecular weight excluding hydrogens is 402 g/mol. The number of nitriles is 1. The van der Waals surface area contributed by atoms with Crippen molar-refractivity contribution in [2.24, 2.45) is 0 Å². The van der Waals surface area contributed by atoms with Crippen LogP contribution in [-0.2, 0) is 20.9 Å². The van der Waals surface area contributed by atoms with Crippen LogP contribution in [0.25, 0.3) is 5.57 Å². The predicted molar refractivity (Wildman–Crippen MR) is 114 cm³/mol. The maximum Gasteiger partial charge on any atom is 0.262 e. The van der Waals surface area contributed by atoms with E-state index in [-0.39, 0.29) is 29.7 Å². The van der Waals surface area contributed by atoms with Gasteiger partial charge < -0.3 is 15.0 Å². The van der Waals surface area contributed by atoms with Crippen molar-refractivity contribution in [1.82, 2.24) is 5.32 Å². The van der Waals surface area contributed by atoms with Gasteiger partial charge in [-0.1, -0.05) is 48.0 Å². The topological polar surface area (TPSA) is 82.4 Å². The molecule has 152 valence electrons. The van der Waals surface area contributed by atoms with Gasteiger partial charge in [-0.25, -0.2) is 0 Å². The summed E-state index contributed by atoms with van der Waals surface area (Å²) in [4.78, 5) is 27.6. The third-order valence-electron chi connectivity index (χ3n) is 5.31. The molecule has 2 aliphatic heterocycles. The number of nitrogens with one attached hydrogen (secondary N) is 1. The van der Waals surface area contributed by atoms with Gasteiger partial charge in [0.25, 0.3) is 11.8 Å². The zero-order valence-electron chi connectivity index (χ0n) is 16.2. The van der Waals surface area contributed by atoms with Gasteiger partial charge in [0.2, 0.25) is 0 Å². The molecule has 2 heterocycles. The monoisotopic (exact) mass is 421 g/mol. The number of benzene rings is 2. The molecular formula is C23H20ClN3O3. The number of fused-ring (bicyclic) bond motifs is 1. The van der Waals surface area contributed by atoms with Crippen LogP contribution in [0, 0.1) is 11.3 Å². The normalized spacial score (nSPS) is 19.4. The average Bonchev–Trinajstić information content (AvgIpc) is 3.37. The SMILES string of the molecule is N#C/C(C(=O)NC[C@@H]1CCCO1)=C1/C(=O)N(Cc2ccccc2Cl)c2ccccc21. The van der Waals surface area contributed by atoms with E-state index in [1.165, 1.54) is 0 Å². The Morgan fingerprint density at radius 3 is 2.73 bits per heavy atom. The van der Waals surface area contributed by atoms with E-state index in [0.717, 1.165) is 18.4 Å². The molecule has 0 aromatic heterocycles. The number of carbonyl (C=O) groups excluding carboxylic acids is 2. The Balaban J connectivity index is 1.66. The number of hydrogen-bond acceptors (Lipinski definition) is 4. The van der Waals surface area contributed by atoms with Crippen molar-refractivity contribution in [1.29, 1.82) is 5.26 Å².